The highest BCUT2D eigenvalue weighted by Gasteiger charge is 2.15. The van der Waals surface area contributed by atoms with Crippen LogP contribution in [-0.2, 0) is 14.8 Å². The monoisotopic (exact) mass is 333 g/mol. The summed E-state index contributed by atoms with van der Waals surface area (Å²) in [5.74, 6) is -0.599. The minimum atomic E-state index is -3.91. The fraction of sp³-hybridized carbons (Fsp3) is 0.500. The molecule has 7 heteroatoms. The van der Waals surface area contributed by atoms with Gasteiger partial charge in [0.25, 0.3) is 0 Å². The van der Waals surface area contributed by atoms with Crippen LogP contribution in [0.15, 0.2) is 23.1 Å². The van der Waals surface area contributed by atoms with E-state index in [4.69, 9.17) is 21.5 Å². The number of nitrogens with two attached hydrogens (primary N) is 1. The van der Waals surface area contributed by atoms with Crippen molar-refractivity contribution in [3.8, 4) is 0 Å². The molecule has 1 rings (SSSR count). The van der Waals surface area contributed by atoms with Gasteiger partial charge in [-0.2, -0.15) is 0 Å². The number of rotatable bonds is 8. The summed E-state index contributed by atoms with van der Waals surface area (Å²) in [4.78, 5) is 11.6. The second kappa shape index (κ2) is 8.36. The predicted molar refractivity (Wildman–Crippen MR) is 81.9 cm³/mol. The molecule has 5 nitrogen and oxygen atoms in total. The molecular formula is C14H20ClNO4S. The number of carbonyl (C=O) groups excluding carboxylic acids is 1. The zero-order valence-electron chi connectivity index (χ0n) is 12.0. The van der Waals surface area contributed by atoms with Gasteiger partial charge in [0.1, 0.15) is 0 Å². The Morgan fingerprint density at radius 3 is 2.48 bits per heavy atom. The van der Waals surface area contributed by atoms with Crippen LogP contribution in [0.1, 0.15) is 49.4 Å². The topological polar surface area (TPSA) is 86.5 Å². The van der Waals surface area contributed by atoms with Gasteiger partial charge in [-0.05, 0) is 24.6 Å². The number of sulfonamides is 1. The van der Waals surface area contributed by atoms with Gasteiger partial charge in [-0.25, -0.2) is 18.4 Å². The molecule has 0 saturated carbocycles. The van der Waals surface area contributed by atoms with E-state index < -0.39 is 16.0 Å². The number of esters is 1. The predicted octanol–water partition coefficient (Wildman–Crippen LogP) is 3.11. The third-order valence-corrected chi connectivity index (χ3v) is 4.03. The highest BCUT2D eigenvalue weighted by atomic mass is 35.5. The van der Waals surface area contributed by atoms with Crippen LogP contribution in [-0.4, -0.2) is 21.0 Å². The number of halogens is 1. The lowest BCUT2D eigenvalue weighted by atomic mass is 10.2. The van der Waals surface area contributed by atoms with Crippen molar-refractivity contribution in [2.45, 2.75) is 43.9 Å². The molecule has 0 unspecified atom stereocenters. The molecule has 1 aromatic carbocycles. The van der Waals surface area contributed by atoms with Crippen molar-refractivity contribution < 1.29 is 17.9 Å². The largest absolute Gasteiger partial charge is 0.462 e. The molecule has 0 atom stereocenters. The number of hydrogen-bond acceptors (Lipinski definition) is 4. The van der Waals surface area contributed by atoms with Gasteiger partial charge in [-0.15, -0.1) is 0 Å². The molecule has 118 valence electrons. The Morgan fingerprint density at radius 2 is 1.86 bits per heavy atom. The lowest BCUT2D eigenvalue weighted by molar-refractivity contribution is 0.0497. The van der Waals surface area contributed by atoms with Crippen LogP contribution in [0.5, 0.6) is 0 Å². The Labute approximate surface area is 130 Å². The molecule has 0 fully saturated rings. The van der Waals surface area contributed by atoms with Crippen molar-refractivity contribution >= 4 is 27.6 Å². The van der Waals surface area contributed by atoms with Gasteiger partial charge in [0.2, 0.25) is 10.0 Å². The van der Waals surface area contributed by atoms with E-state index in [1.807, 2.05) is 0 Å². The number of unbranched alkanes of at least 4 members (excludes halogenated alkanes) is 4. The zero-order chi connectivity index (χ0) is 15.9. The molecule has 21 heavy (non-hydrogen) atoms. The highest BCUT2D eigenvalue weighted by Crippen LogP contribution is 2.19. The molecule has 0 saturated heterocycles. The number of hydrogen-bond donors (Lipinski definition) is 1. The van der Waals surface area contributed by atoms with Crippen molar-refractivity contribution in [3.05, 3.63) is 28.8 Å². The van der Waals surface area contributed by atoms with Crippen molar-refractivity contribution in [1.29, 1.82) is 0 Å². The van der Waals surface area contributed by atoms with Gasteiger partial charge in [-0.1, -0.05) is 44.2 Å². The number of carbonyl (C=O) groups is 1. The molecule has 0 aliphatic rings. The second-order valence-electron chi connectivity index (χ2n) is 4.77. The molecule has 2 N–H and O–H groups in total. The van der Waals surface area contributed by atoms with E-state index in [-0.39, 0.29) is 15.5 Å². The van der Waals surface area contributed by atoms with Gasteiger partial charge in [-0.3, -0.25) is 0 Å². The van der Waals surface area contributed by atoms with Crippen LogP contribution < -0.4 is 5.14 Å². The molecule has 0 radical (unpaired) electrons. The van der Waals surface area contributed by atoms with Gasteiger partial charge in [0.15, 0.2) is 0 Å². The first-order chi connectivity index (χ1) is 9.84. The summed E-state index contributed by atoms with van der Waals surface area (Å²) in [5, 5.41) is 5.15. The Hall–Kier alpha value is -1.11. The molecule has 0 spiro atoms. The molecule has 0 aliphatic heterocycles. The van der Waals surface area contributed by atoms with Crippen LogP contribution >= 0.6 is 11.6 Å². The minimum Gasteiger partial charge on any atom is -0.462 e. The standard InChI is InChI=1S/C14H20ClNO4S/c1-2-3-4-5-6-7-20-14(17)11-8-12(15)10-13(9-11)21(16,18)19/h8-10H,2-7H2,1H3,(H2,16,18,19). The average molecular weight is 334 g/mol. The molecule has 0 heterocycles. The van der Waals surface area contributed by atoms with Gasteiger partial charge >= 0.3 is 5.97 Å². The van der Waals surface area contributed by atoms with Gasteiger partial charge in [0.05, 0.1) is 17.1 Å². The quantitative estimate of drug-likeness (QED) is 0.585. The normalized spacial score (nSPS) is 11.4. The highest BCUT2D eigenvalue weighted by molar-refractivity contribution is 7.89. The lowest BCUT2D eigenvalue weighted by Crippen LogP contribution is -2.14. The summed E-state index contributed by atoms with van der Waals surface area (Å²) in [5.41, 5.74) is 0.0834. The van der Waals surface area contributed by atoms with E-state index in [0.29, 0.717) is 6.61 Å². The van der Waals surface area contributed by atoms with Crippen LogP contribution in [0.25, 0.3) is 0 Å². The zero-order valence-corrected chi connectivity index (χ0v) is 13.5. The van der Waals surface area contributed by atoms with E-state index in [2.05, 4.69) is 6.92 Å². The first-order valence-electron chi connectivity index (χ1n) is 6.85. The number of ether oxygens (including phenoxy) is 1. The minimum absolute atomic E-state index is 0.0834. The smallest absolute Gasteiger partial charge is 0.338 e. The summed E-state index contributed by atoms with van der Waals surface area (Å²) < 4.78 is 27.7. The van der Waals surface area contributed by atoms with Crippen LogP contribution in [0.3, 0.4) is 0 Å². The summed E-state index contributed by atoms with van der Waals surface area (Å²) >= 11 is 5.79. The summed E-state index contributed by atoms with van der Waals surface area (Å²) in [7, 11) is -3.91. The maximum atomic E-state index is 11.8. The van der Waals surface area contributed by atoms with Crippen molar-refractivity contribution in [2.75, 3.05) is 6.61 Å². The number of benzene rings is 1. The number of primary sulfonamides is 1. The molecule has 0 amide bonds. The Balaban J connectivity index is 2.60. The van der Waals surface area contributed by atoms with Crippen molar-refractivity contribution in [3.63, 3.8) is 0 Å². The Bertz CT molecular complexity index is 587. The molecule has 1 aromatic rings. The van der Waals surface area contributed by atoms with Crippen molar-refractivity contribution in [2.24, 2.45) is 5.14 Å². The van der Waals surface area contributed by atoms with Gasteiger partial charge < -0.3 is 4.74 Å². The van der Waals surface area contributed by atoms with E-state index in [1.54, 1.807) is 0 Å². The summed E-state index contributed by atoms with van der Waals surface area (Å²) in [6.07, 6.45) is 5.22. The lowest BCUT2D eigenvalue weighted by Gasteiger charge is -2.07. The molecule has 0 bridgehead atoms. The molecular weight excluding hydrogens is 314 g/mol. The van der Waals surface area contributed by atoms with Crippen molar-refractivity contribution in [1.82, 2.24) is 0 Å². The van der Waals surface area contributed by atoms with E-state index >= 15 is 0 Å². The van der Waals surface area contributed by atoms with E-state index in [9.17, 15) is 13.2 Å². The van der Waals surface area contributed by atoms with E-state index in [1.165, 1.54) is 24.6 Å². The Morgan fingerprint density at radius 1 is 1.19 bits per heavy atom. The third-order valence-electron chi connectivity index (χ3n) is 2.92. The first-order valence-corrected chi connectivity index (χ1v) is 8.77. The molecule has 0 aliphatic carbocycles. The third kappa shape index (κ3) is 6.46. The first kappa shape index (κ1) is 17.9. The average Bonchev–Trinajstić information content (AvgIpc) is 2.40. The fourth-order valence-corrected chi connectivity index (χ4v) is 2.68. The summed E-state index contributed by atoms with van der Waals surface area (Å²) in [6.45, 7) is 2.43. The molecule has 0 aromatic heterocycles. The fourth-order valence-electron chi connectivity index (χ4n) is 1.80. The van der Waals surface area contributed by atoms with Gasteiger partial charge in [0, 0.05) is 5.02 Å². The van der Waals surface area contributed by atoms with Crippen LogP contribution in [0.4, 0.5) is 0 Å². The van der Waals surface area contributed by atoms with Crippen LogP contribution in [0.2, 0.25) is 5.02 Å². The maximum Gasteiger partial charge on any atom is 0.338 e. The Kier molecular flexibility index (Phi) is 7.14. The summed E-state index contributed by atoms with van der Waals surface area (Å²) in [6, 6.07) is 3.72. The van der Waals surface area contributed by atoms with Crippen LogP contribution in [0, 0.1) is 0 Å². The SMILES string of the molecule is CCCCCCCOC(=O)c1cc(Cl)cc(S(N)(=O)=O)c1. The van der Waals surface area contributed by atoms with E-state index in [0.717, 1.165) is 25.7 Å². The second-order valence-corrected chi connectivity index (χ2v) is 6.77. The maximum absolute atomic E-state index is 11.8.